The van der Waals surface area contributed by atoms with Crippen molar-refractivity contribution < 1.29 is 24.9 Å². The molecule has 7 nitrogen and oxygen atoms in total. The van der Waals surface area contributed by atoms with Gasteiger partial charge in [-0.3, -0.25) is 4.79 Å². The Balaban J connectivity index is 2.26. The number of benzene rings is 1. The van der Waals surface area contributed by atoms with Crippen LogP contribution in [0.5, 0.6) is 0 Å². The zero-order chi connectivity index (χ0) is 15.6. The monoisotopic (exact) mass is 292 g/mol. The third-order valence-corrected chi connectivity index (χ3v) is 3.20. The molecule has 0 aliphatic rings. The van der Waals surface area contributed by atoms with Gasteiger partial charge in [0.25, 0.3) is 0 Å². The van der Waals surface area contributed by atoms with E-state index < -0.39 is 18.2 Å². The van der Waals surface area contributed by atoms with Crippen LogP contribution in [-0.2, 0) is 4.79 Å². The molecular formula is C14H16N2O5. The molecule has 21 heavy (non-hydrogen) atoms. The van der Waals surface area contributed by atoms with Crippen molar-refractivity contribution in [3.05, 3.63) is 35.5 Å². The Morgan fingerprint density at radius 1 is 1.33 bits per heavy atom. The minimum absolute atomic E-state index is 0.0898. The third-order valence-electron chi connectivity index (χ3n) is 3.20. The number of aliphatic hydroxyl groups excluding tert-OH is 2. The molecule has 0 saturated carbocycles. The van der Waals surface area contributed by atoms with E-state index >= 15 is 0 Å². The zero-order valence-electron chi connectivity index (χ0n) is 11.3. The number of carbonyl (C=O) groups excluding carboxylic acids is 1. The Hall–Kier alpha value is -2.38. The standard InChI is InChI=1S/C14H16N2O5/c1-7(17)15-6-12(18)13(19)8-2-3-11-9(4-8)10(5-16-11)14(20)21/h2-5,12-13,16,18-19H,6H2,1H3,(H,15,17)(H,20,21). The summed E-state index contributed by atoms with van der Waals surface area (Å²) < 4.78 is 0. The lowest BCUT2D eigenvalue weighted by molar-refractivity contribution is -0.119. The van der Waals surface area contributed by atoms with E-state index in [2.05, 4.69) is 10.3 Å². The number of aliphatic hydroxyl groups is 2. The van der Waals surface area contributed by atoms with E-state index in [1.165, 1.54) is 19.2 Å². The summed E-state index contributed by atoms with van der Waals surface area (Å²) in [6.07, 6.45) is -1.03. The first-order valence-electron chi connectivity index (χ1n) is 6.35. The predicted molar refractivity (Wildman–Crippen MR) is 74.9 cm³/mol. The van der Waals surface area contributed by atoms with Gasteiger partial charge in [-0.25, -0.2) is 4.79 Å². The lowest BCUT2D eigenvalue weighted by atomic mass is 10.0. The average Bonchev–Trinajstić information content (AvgIpc) is 2.86. The molecule has 1 aromatic carbocycles. The number of fused-ring (bicyclic) bond motifs is 1. The summed E-state index contributed by atoms with van der Waals surface area (Å²) in [6.45, 7) is 1.22. The van der Waals surface area contributed by atoms with E-state index in [4.69, 9.17) is 5.11 Å². The number of hydrogen-bond acceptors (Lipinski definition) is 4. The van der Waals surface area contributed by atoms with Crippen LogP contribution < -0.4 is 5.32 Å². The molecule has 2 aromatic rings. The smallest absolute Gasteiger partial charge is 0.337 e. The molecule has 1 amide bonds. The minimum Gasteiger partial charge on any atom is -0.478 e. The highest BCUT2D eigenvalue weighted by Crippen LogP contribution is 2.24. The number of nitrogens with one attached hydrogen (secondary N) is 2. The van der Waals surface area contributed by atoms with Crippen LogP contribution in [0, 0.1) is 0 Å². The summed E-state index contributed by atoms with van der Waals surface area (Å²) in [7, 11) is 0. The van der Waals surface area contributed by atoms with Gasteiger partial charge in [0.15, 0.2) is 0 Å². The van der Waals surface area contributed by atoms with Gasteiger partial charge < -0.3 is 25.6 Å². The van der Waals surface area contributed by atoms with Gasteiger partial charge >= 0.3 is 5.97 Å². The molecule has 0 aliphatic heterocycles. The van der Waals surface area contributed by atoms with Crippen LogP contribution in [0.2, 0.25) is 0 Å². The van der Waals surface area contributed by atoms with E-state index in [-0.39, 0.29) is 18.0 Å². The van der Waals surface area contributed by atoms with Gasteiger partial charge in [-0.1, -0.05) is 6.07 Å². The summed E-state index contributed by atoms with van der Waals surface area (Å²) in [5.74, 6) is -1.39. The normalized spacial score (nSPS) is 13.9. The van der Waals surface area contributed by atoms with Gasteiger partial charge in [0.05, 0.1) is 5.56 Å². The molecule has 0 saturated heterocycles. The molecule has 2 rings (SSSR count). The number of carboxylic acid groups (broad SMARTS) is 1. The quantitative estimate of drug-likeness (QED) is 0.546. The fourth-order valence-corrected chi connectivity index (χ4v) is 2.08. The second kappa shape index (κ2) is 5.94. The van der Waals surface area contributed by atoms with Crippen molar-refractivity contribution in [1.82, 2.24) is 10.3 Å². The second-order valence-corrected chi connectivity index (χ2v) is 4.76. The maximum Gasteiger partial charge on any atom is 0.337 e. The van der Waals surface area contributed by atoms with Crippen molar-refractivity contribution in [2.45, 2.75) is 19.1 Å². The molecule has 0 radical (unpaired) electrons. The Kier molecular flexibility index (Phi) is 4.25. The van der Waals surface area contributed by atoms with Crippen molar-refractivity contribution in [2.75, 3.05) is 6.54 Å². The van der Waals surface area contributed by atoms with Gasteiger partial charge in [-0.2, -0.15) is 0 Å². The van der Waals surface area contributed by atoms with E-state index in [0.29, 0.717) is 16.5 Å². The Morgan fingerprint density at radius 2 is 2.05 bits per heavy atom. The number of aromatic nitrogens is 1. The van der Waals surface area contributed by atoms with Gasteiger partial charge in [0.1, 0.15) is 12.2 Å². The van der Waals surface area contributed by atoms with Crippen LogP contribution in [0.1, 0.15) is 28.9 Å². The maximum atomic E-state index is 11.1. The van der Waals surface area contributed by atoms with Crippen molar-refractivity contribution in [1.29, 1.82) is 0 Å². The molecule has 112 valence electrons. The van der Waals surface area contributed by atoms with E-state index in [9.17, 15) is 19.8 Å². The first-order chi connectivity index (χ1) is 9.90. The molecule has 1 heterocycles. The highest BCUT2D eigenvalue weighted by atomic mass is 16.4. The largest absolute Gasteiger partial charge is 0.478 e. The third kappa shape index (κ3) is 3.21. The lowest BCUT2D eigenvalue weighted by Crippen LogP contribution is -2.34. The van der Waals surface area contributed by atoms with Crippen LogP contribution in [0.15, 0.2) is 24.4 Å². The van der Waals surface area contributed by atoms with E-state index in [1.54, 1.807) is 12.1 Å². The first-order valence-corrected chi connectivity index (χ1v) is 6.35. The van der Waals surface area contributed by atoms with Crippen LogP contribution in [-0.4, -0.2) is 44.8 Å². The minimum atomic E-state index is -1.22. The van der Waals surface area contributed by atoms with E-state index in [1.807, 2.05) is 0 Å². The van der Waals surface area contributed by atoms with Crippen LogP contribution in [0.3, 0.4) is 0 Å². The molecule has 2 atom stereocenters. The van der Waals surface area contributed by atoms with Crippen LogP contribution >= 0.6 is 0 Å². The fraction of sp³-hybridized carbons (Fsp3) is 0.286. The summed E-state index contributed by atoms with van der Waals surface area (Å²) in [5, 5.41) is 31.8. The van der Waals surface area contributed by atoms with Gasteiger partial charge in [-0.05, 0) is 17.7 Å². The van der Waals surface area contributed by atoms with Gasteiger partial charge in [-0.15, -0.1) is 0 Å². The first kappa shape index (κ1) is 15.0. The van der Waals surface area contributed by atoms with E-state index in [0.717, 1.165) is 0 Å². The molecule has 7 heteroatoms. The van der Waals surface area contributed by atoms with Crippen molar-refractivity contribution in [2.24, 2.45) is 0 Å². The second-order valence-electron chi connectivity index (χ2n) is 4.76. The molecule has 0 spiro atoms. The number of rotatable bonds is 5. The van der Waals surface area contributed by atoms with Crippen molar-refractivity contribution in [3.63, 3.8) is 0 Å². The summed E-state index contributed by atoms with van der Waals surface area (Å²) in [4.78, 5) is 24.7. The van der Waals surface area contributed by atoms with Crippen molar-refractivity contribution in [3.8, 4) is 0 Å². The lowest BCUT2D eigenvalue weighted by Gasteiger charge is -2.18. The molecule has 2 unspecified atom stereocenters. The zero-order valence-corrected chi connectivity index (χ0v) is 11.3. The van der Waals surface area contributed by atoms with Crippen LogP contribution in [0.4, 0.5) is 0 Å². The number of aromatic carboxylic acids is 1. The Morgan fingerprint density at radius 3 is 2.67 bits per heavy atom. The number of carbonyl (C=O) groups is 2. The summed E-state index contributed by atoms with van der Waals surface area (Å²) in [6, 6.07) is 4.73. The van der Waals surface area contributed by atoms with Gasteiger partial charge in [0, 0.05) is 30.6 Å². The SMILES string of the molecule is CC(=O)NCC(O)C(O)c1ccc2[nH]cc(C(=O)O)c2c1. The number of H-pyrrole nitrogens is 1. The Bertz CT molecular complexity index is 679. The van der Waals surface area contributed by atoms with Gasteiger partial charge in [0.2, 0.25) is 5.91 Å². The molecule has 5 N–H and O–H groups in total. The molecule has 0 fully saturated rings. The predicted octanol–water partition coefficient (Wildman–Crippen LogP) is 0.396. The maximum absolute atomic E-state index is 11.1. The molecule has 1 aromatic heterocycles. The van der Waals surface area contributed by atoms with Crippen molar-refractivity contribution >= 4 is 22.8 Å². The fourth-order valence-electron chi connectivity index (χ4n) is 2.08. The summed E-state index contributed by atoms with van der Waals surface area (Å²) in [5.41, 5.74) is 1.09. The average molecular weight is 292 g/mol. The van der Waals surface area contributed by atoms with Crippen LogP contribution in [0.25, 0.3) is 10.9 Å². The molecule has 0 bridgehead atoms. The highest BCUT2D eigenvalue weighted by Gasteiger charge is 2.20. The molecular weight excluding hydrogens is 276 g/mol. The highest BCUT2D eigenvalue weighted by molar-refractivity contribution is 6.03. The Labute approximate surface area is 120 Å². The summed E-state index contributed by atoms with van der Waals surface area (Å²) >= 11 is 0. The number of hydrogen-bond donors (Lipinski definition) is 5. The number of carboxylic acids is 1. The topological polar surface area (TPSA) is 123 Å². The number of amides is 1. The number of aromatic amines is 1. The molecule has 0 aliphatic carbocycles.